The zero-order valence-corrected chi connectivity index (χ0v) is 6.62. The summed E-state index contributed by atoms with van der Waals surface area (Å²) in [7, 11) is 0. The summed E-state index contributed by atoms with van der Waals surface area (Å²) in [6.07, 6.45) is -0.102. The van der Waals surface area contributed by atoms with Crippen LogP contribution in [-0.4, -0.2) is 41.9 Å². The standard InChI is InChI=1S/C7H13NO3/c1-6(9)8-3-2-7(10)11-5-4-8/h6,9H,2-5H2,1H3. The number of aliphatic hydroxyl groups is 1. The molecule has 64 valence electrons. The molecule has 4 nitrogen and oxygen atoms in total. The van der Waals surface area contributed by atoms with E-state index in [0.29, 0.717) is 26.1 Å². The lowest BCUT2D eigenvalue weighted by Crippen LogP contribution is -2.34. The lowest BCUT2D eigenvalue weighted by Gasteiger charge is -2.21. The Morgan fingerprint density at radius 3 is 3.00 bits per heavy atom. The molecule has 1 aliphatic rings. The number of aliphatic hydroxyl groups excluding tert-OH is 1. The van der Waals surface area contributed by atoms with Crippen molar-refractivity contribution in [3.8, 4) is 0 Å². The summed E-state index contributed by atoms with van der Waals surface area (Å²) >= 11 is 0. The molecule has 0 aromatic carbocycles. The van der Waals surface area contributed by atoms with Crippen LogP contribution in [0.4, 0.5) is 0 Å². The number of carbonyl (C=O) groups excluding carboxylic acids is 1. The van der Waals surface area contributed by atoms with E-state index in [2.05, 4.69) is 0 Å². The Bertz CT molecular complexity index is 147. The summed E-state index contributed by atoms with van der Waals surface area (Å²) in [6, 6.07) is 0. The van der Waals surface area contributed by atoms with Gasteiger partial charge in [0.25, 0.3) is 0 Å². The van der Waals surface area contributed by atoms with Gasteiger partial charge in [0.05, 0.1) is 6.42 Å². The highest BCUT2D eigenvalue weighted by atomic mass is 16.5. The molecule has 0 radical (unpaired) electrons. The van der Waals surface area contributed by atoms with Gasteiger partial charge in [-0.3, -0.25) is 9.69 Å². The Morgan fingerprint density at radius 2 is 2.36 bits per heavy atom. The molecule has 0 aromatic rings. The third-order valence-corrected chi connectivity index (χ3v) is 1.77. The van der Waals surface area contributed by atoms with Crippen molar-refractivity contribution >= 4 is 5.97 Å². The molecule has 1 unspecified atom stereocenters. The van der Waals surface area contributed by atoms with E-state index in [0.717, 1.165) is 0 Å². The SMILES string of the molecule is CC(O)N1CCOC(=O)CC1. The maximum atomic E-state index is 10.7. The van der Waals surface area contributed by atoms with Crippen LogP contribution in [0.15, 0.2) is 0 Å². The van der Waals surface area contributed by atoms with Crippen molar-refractivity contribution in [2.75, 3.05) is 19.7 Å². The summed E-state index contributed by atoms with van der Waals surface area (Å²) in [5.74, 6) is -0.173. The largest absolute Gasteiger partial charge is 0.464 e. The molecule has 1 heterocycles. The Labute approximate surface area is 65.8 Å². The van der Waals surface area contributed by atoms with Gasteiger partial charge in [-0.2, -0.15) is 0 Å². The van der Waals surface area contributed by atoms with Crippen molar-refractivity contribution in [2.45, 2.75) is 19.6 Å². The van der Waals surface area contributed by atoms with Crippen LogP contribution in [0.25, 0.3) is 0 Å². The van der Waals surface area contributed by atoms with Crippen LogP contribution >= 0.6 is 0 Å². The Balaban J connectivity index is 2.40. The highest BCUT2D eigenvalue weighted by Gasteiger charge is 2.17. The van der Waals surface area contributed by atoms with Gasteiger partial charge >= 0.3 is 5.97 Å². The Kier molecular flexibility index (Phi) is 2.84. The van der Waals surface area contributed by atoms with E-state index < -0.39 is 6.23 Å². The van der Waals surface area contributed by atoms with E-state index in [9.17, 15) is 4.79 Å². The highest BCUT2D eigenvalue weighted by Crippen LogP contribution is 2.02. The predicted molar refractivity (Wildman–Crippen MR) is 38.8 cm³/mol. The van der Waals surface area contributed by atoms with Crippen molar-refractivity contribution in [1.82, 2.24) is 4.90 Å². The summed E-state index contributed by atoms with van der Waals surface area (Å²) in [4.78, 5) is 12.5. The second-order valence-electron chi connectivity index (χ2n) is 2.64. The fraction of sp³-hybridized carbons (Fsp3) is 0.857. The summed E-state index contributed by atoms with van der Waals surface area (Å²) in [5.41, 5.74) is 0. The van der Waals surface area contributed by atoms with E-state index in [-0.39, 0.29) is 5.97 Å². The fourth-order valence-corrected chi connectivity index (χ4v) is 1.07. The van der Waals surface area contributed by atoms with Crippen LogP contribution in [0.1, 0.15) is 13.3 Å². The Morgan fingerprint density at radius 1 is 1.64 bits per heavy atom. The first-order valence-corrected chi connectivity index (χ1v) is 3.78. The first-order chi connectivity index (χ1) is 5.20. The lowest BCUT2D eigenvalue weighted by molar-refractivity contribution is -0.142. The van der Waals surface area contributed by atoms with Gasteiger partial charge in [0.2, 0.25) is 0 Å². The summed E-state index contributed by atoms with van der Waals surface area (Å²) in [5, 5.41) is 9.15. The molecule has 0 aliphatic carbocycles. The van der Waals surface area contributed by atoms with Crippen LogP contribution in [-0.2, 0) is 9.53 Å². The van der Waals surface area contributed by atoms with Crippen molar-refractivity contribution in [3.05, 3.63) is 0 Å². The number of ether oxygens (including phenoxy) is 1. The molecule has 1 atom stereocenters. The molecule has 1 aliphatic heterocycles. The van der Waals surface area contributed by atoms with Crippen molar-refractivity contribution in [1.29, 1.82) is 0 Å². The van der Waals surface area contributed by atoms with E-state index in [4.69, 9.17) is 9.84 Å². The number of carbonyl (C=O) groups is 1. The van der Waals surface area contributed by atoms with Crippen LogP contribution in [0.2, 0.25) is 0 Å². The molecule has 0 spiro atoms. The van der Waals surface area contributed by atoms with Gasteiger partial charge in [-0.15, -0.1) is 0 Å². The number of rotatable bonds is 1. The maximum Gasteiger partial charge on any atom is 0.307 e. The first-order valence-electron chi connectivity index (χ1n) is 3.78. The van der Waals surface area contributed by atoms with Gasteiger partial charge in [0, 0.05) is 13.1 Å². The van der Waals surface area contributed by atoms with Crippen molar-refractivity contribution < 1.29 is 14.6 Å². The predicted octanol–water partition coefficient (Wildman–Crippen LogP) is -0.426. The normalized spacial score (nSPS) is 24.0. The summed E-state index contributed by atoms with van der Waals surface area (Å²) < 4.78 is 4.79. The van der Waals surface area contributed by atoms with Gasteiger partial charge in [0.1, 0.15) is 12.8 Å². The van der Waals surface area contributed by atoms with E-state index in [1.54, 1.807) is 6.92 Å². The molecule has 1 fully saturated rings. The number of hydrogen-bond donors (Lipinski definition) is 1. The second kappa shape index (κ2) is 3.69. The van der Waals surface area contributed by atoms with E-state index >= 15 is 0 Å². The van der Waals surface area contributed by atoms with Crippen LogP contribution in [0.5, 0.6) is 0 Å². The molecule has 1 saturated heterocycles. The topological polar surface area (TPSA) is 49.8 Å². The van der Waals surface area contributed by atoms with Gasteiger partial charge in [-0.05, 0) is 6.92 Å². The third-order valence-electron chi connectivity index (χ3n) is 1.77. The maximum absolute atomic E-state index is 10.7. The minimum absolute atomic E-state index is 0.173. The van der Waals surface area contributed by atoms with Crippen LogP contribution < -0.4 is 0 Å². The second-order valence-corrected chi connectivity index (χ2v) is 2.64. The Hall–Kier alpha value is -0.610. The molecule has 4 heteroatoms. The van der Waals surface area contributed by atoms with Gasteiger partial charge in [-0.25, -0.2) is 0 Å². The first kappa shape index (κ1) is 8.49. The molecular formula is C7H13NO3. The zero-order valence-electron chi connectivity index (χ0n) is 6.62. The molecule has 11 heavy (non-hydrogen) atoms. The van der Waals surface area contributed by atoms with Crippen LogP contribution in [0.3, 0.4) is 0 Å². The minimum atomic E-state index is -0.482. The molecular weight excluding hydrogens is 146 g/mol. The van der Waals surface area contributed by atoms with Gasteiger partial charge < -0.3 is 9.84 Å². The van der Waals surface area contributed by atoms with Gasteiger partial charge in [0.15, 0.2) is 0 Å². The fourth-order valence-electron chi connectivity index (χ4n) is 1.07. The molecule has 0 saturated carbocycles. The summed E-state index contributed by atoms with van der Waals surface area (Å²) in [6.45, 7) is 3.30. The van der Waals surface area contributed by atoms with E-state index in [1.807, 2.05) is 4.90 Å². The smallest absolute Gasteiger partial charge is 0.307 e. The van der Waals surface area contributed by atoms with Crippen molar-refractivity contribution in [2.24, 2.45) is 0 Å². The molecule has 0 amide bonds. The number of esters is 1. The number of cyclic esters (lactones) is 1. The average Bonchev–Trinajstić information content (AvgIpc) is 2.13. The third kappa shape index (κ3) is 2.48. The molecule has 1 rings (SSSR count). The molecule has 0 aromatic heterocycles. The van der Waals surface area contributed by atoms with Crippen molar-refractivity contribution in [3.63, 3.8) is 0 Å². The quantitative estimate of drug-likeness (QED) is 0.528. The van der Waals surface area contributed by atoms with Crippen LogP contribution in [0, 0.1) is 0 Å². The minimum Gasteiger partial charge on any atom is -0.464 e. The highest BCUT2D eigenvalue weighted by molar-refractivity contribution is 5.69. The zero-order chi connectivity index (χ0) is 8.27. The van der Waals surface area contributed by atoms with Gasteiger partial charge in [-0.1, -0.05) is 0 Å². The number of nitrogens with zero attached hydrogens (tertiary/aromatic N) is 1. The molecule has 1 N–H and O–H groups in total. The number of hydrogen-bond acceptors (Lipinski definition) is 4. The average molecular weight is 159 g/mol. The molecule has 0 bridgehead atoms. The lowest BCUT2D eigenvalue weighted by atomic mass is 10.4. The van der Waals surface area contributed by atoms with E-state index in [1.165, 1.54) is 0 Å². The monoisotopic (exact) mass is 159 g/mol.